The Balaban J connectivity index is 1.46. The first-order valence-electron chi connectivity index (χ1n) is 15.5. The van der Waals surface area contributed by atoms with E-state index in [9.17, 15) is 28.0 Å². The summed E-state index contributed by atoms with van der Waals surface area (Å²) < 4.78 is 35.4. The first-order chi connectivity index (χ1) is 22.2. The molecule has 3 aromatic heterocycles. The van der Waals surface area contributed by atoms with Crippen molar-refractivity contribution in [3.05, 3.63) is 74.6 Å². The van der Waals surface area contributed by atoms with Gasteiger partial charge < -0.3 is 14.6 Å². The highest BCUT2D eigenvalue weighted by Gasteiger charge is 2.24. The van der Waals surface area contributed by atoms with Crippen molar-refractivity contribution < 1.29 is 23.1 Å². The van der Waals surface area contributed by atoms with Gasteiger partial charge in [-0.2, -0.15) is 0 Å². The molecule has 244 valence electrons. The summed E-state index contributed by atoms with van der Waals surface area (Å²) in [5.41, 5.74) is 0.00753. The summed E-state index contributed by atoms with van der Waals surface area (Å²) in [5, 5.41) is 0. The van der Waals surface area contributed by atoms with Gasteiger partial charge in [-0.25, -0.2) is 23.5 Å². The summed E-state index contributed by atoms with van der Waals surface area (Å²) in [5.74, 6) is -2.15. The van der Waals surface area contributed by atoms with Crippen LogP contribution in [0.2, 0.25) is 0 Å². The van der Waals surface area contributed by atoms with Crippen molar-refractivity contribution in [2.24, 2.45) is 0 Å². The molecule has 5 rings (SSSR count). The summed E-state index contributed by atoms with van der Waals surface area (Å²) in [6, 6.07) is 6.21. The van der Waals surface area contributed by atoms with Crippen LogP contribution in [0, 0.1) is 11.6 Å². The van der Waals surface area contributed by atoms with Crippen LogP contribution in [0.25, 0.3) is 22.6 Å². The third-order valence-electron chi connectivity index (χ3n) is 7.98. The van der Waals surface area contributed by atoms with Gasteiger partial charge in [0.2, 0.25) is 5.91 Å². The maximum Gasteiger partial charge on any atom is 0.332 e. The minimum Gasteiger partial charge on any atom is -0.385 e. The molecule has 2 amide bonds. The zero-order valence-corrected chi connectivity index (χ0v) is 25.9. The lowest BCUT2D eigenvalue weighted by molar-refractivity contribution is -0.127. The fraction of sp³-hybridized carbons (Fsp3) is 0.438. The molecule has 0 unspecified atom stereocenters. The Morgan fingerprint density at radius 1 is 1.02 bits per heavy atom. The van der Waals surface area contributed by atoms with Gasteiger partial charge in [-0.15, -0.1) is 0 Å². The average molecular weight is 638 g/mol. The Hall–Kier alpha value is -4.72. The number of ether oxygens (including phenoxy) is 1. The molecule has 46 heavy (non-hydrogen) atoms. The predicted molar refractivity (Wildman–Crippen MR) is 168 cm³/mol. The number of likely N-dealkylation sites (tertiary alicyclic amines) is 1. The van der Waals surface area contributed by atoms with Gasteiger partial charge in [-0.3, -0.25) is 28.4 Å². The van der Waals surface area contributed by atoms with Crippen molar-refractivity contribution >= 4 is 28.8 Å². The quantitative estimate of drug-likeness (QED) is 0.208. The van der Waals surface area contributed by atoms with Gasteiger partial charge in [0.25, 0.3) is 11.5 Å². The third-order valence-corrected chi connectivity index (χ3v) is 7.98. The molecule has 1 aliphatic rings. The number of aromatic amines is 1. The summed E-state index contributed by atoms with van der Waals surface area (Å²) in [7, 11) is 1.61. The fourth-order valence-electron chi connectivity index (χ4n) is 5.59. The molecule has 0 atom stereocenters. The average Bonchev–Trinajstić information content (AvgIpc) is 3.69. The SMILES string of the molecule is CCCn1c(=O)c2[nH]c(-c3ccc(N(CCCN4CCCC4=O)C(=O)c4ccc(F)c(F)c4)nc3)nc2n(CCCCOC)c1=O. The van der Waals surface area contributed by atoms with E-state index in [0.717, 1.165) is 25.0 Å². The Labute approximate surface area is 263 Å². The first kappa shape index (κ1) is 32.7. The zero-order chi connectivity index (χ0) is 32.8. The molecular weight excluding hydrogens is 600 g/mol. The monoisotopic (exact) mass is 637 g/mol. The number of carbonyl (C=O) groups is 2. The molecule has 4 heterocycles. The minimum atomic E-state index is -1.14. The van der Waals surface area contributed by atoms with Crippen LogP contribution in [0.5, 0.6) is 0 Å². The number of fused-ring (bicyclic) bond motifs is 1. The van der Waals surface area contributed by atoms with Crippen LogP contribution in [0.1, 0.15) is 55.8 Å². The number of hydrogen-bond donors (Lipinski definition) is 1. The number of rotatable bonds is 14. The Kier molecular flexibility index (Phi) is 10.4. The molecule has 0 saturated carbocycles. The van der Waals surface area contributed by atoms with E-state index in [-0.39, 0.29) is 41.5 Å². The highest BCUT2D eigenvalue weighted by molar-refractivity contribution is 6.05. The number of halogens is 2. The molecule has 0 radical (unpaired) electrons. The van der Waals surface area contributed by atoms with Gasteiger partial charge in [0.05, 0.1) is 0 Å². The highest BCUT2D eigenvalue weighted by Crippen LogP contribution is 2.23. The number of aryl methyl sites for hydroxylation is 1. The second-order valence-corrected chi connectivity index (χ2v) is 11.2. The van der Waals surface area contributed by atoms with Crippen molar-refractivity contribution in [3.63, 3.8) is 0 Å². The Bertz CT molecular complexity index is 1830. The smallest absolute Gasteiger partial charge is 0.332 e. The lowest BCUT2D eigenvalue weighted by Gasteiger charge is -2.24. The largest absolute Gasteiger partial charge is 0.385 e. The van der Waals surface area contributed by atoms with E-state index in [1.165, 1.54) is 26.3 Å². The number of unbranched alkanes of at least 4 members (excludes halogenated alkanes) is 1. The highest BCUT2D eigenvalue weighted by atomic mass is 19.2. The van der Waals surface area contributed by atoms with Gasteiger partial charge in [0.15, 0.2) is 17.3 Å². The molecule has 1 N–H and O–H groups in total. The predicted octanol–water partition coefficient (Wildman–Crippen LogP) is 3.72. The van der Waals surface area contributed by atoms with Crippen molar-refractivity contribution in [2.75, 3.05) is 38.3 Å². The summed E-state index contributed by atoms with van der Waals surface area (Å²) >= 11 is 0. The third kappa shape index (κ3) is 6.91. The van der Waals surface area contributed by atoms with E-state index < -0.39 is 28.8 Å². The van der Waals surface area contributed by atoms with Gasteiger partial charge >= 0.3 is 5.69 Å². The number of carbonyl (C=O) groups excluding carboxylic acids is 2. The zero-order valence-electron chi connectivity index (χ0n) is 25.9. The van der Waals surface area contributed by atoms with Crippen molar-refractivity contribution in [1.82, 2.24) is 29.0 Å². The van der Waals surface area contributed by atoms with E-state index in [1.54, 1.807) is 24.1 Å². The standard InChI is InChI=1S/C32H37F2N7O5/c1-3-13-41-31(44)27-29(40(32(41)45)16-4-5-18-46-2)37-28(36-27)22-10-12-25(35-20-22)39(17-7-15-38-14-6-8-26(38)42)30(43)21-9-11-23(33)24(34)19-21/h9-12,19-20H,3-8,13-18H2,1-2H3,(H,36,37). The Morgan fingerprint density at radius 2 is 1.85 bits per heavy atom. The molecule has 12 nitrogen and oxygen atoms in total. The van der Waals surface area contributed by atoms with Crippen LogP contribution in [0.3, 0.4) is 0 Å². The lowest BCUT2D eigenvalue weighted by Crippen LogP contribution is -2.40. The van der Waals surface area contributed by atoms with Gasteiger partial charge in [0.1, 0.15) is 17.2 Å². The number of anilines is 1. The van der Waals surface area contributed by atoms with Crippen LogP contribution in [0.4, 0.5) is 14.6 Å². The number of nitrogens with zero attached hydrogens (tertiary/aromatic N) is 6. The molecule has 0 aliphatic carbocycles. The molecule has 4 aromatic rings. The number of methoxy groups -OCH3 is 1. The van der Waals surface area contributed by atoms with E-state index in [2.05, 4.69) is 15.0 Å². The molecule has 1 saturated heterocycles. The molecule has 0 spiro atoms. The molecule has 1 fully saturated rings. The Morgan fingerprint density at radius 3 is 2.52 bits per heavy atom. The van der Waals surface area contributed by atoms with E-state index in [4.69, 9.17) is 4.74 Å². The number of imidazole rings is 1. The summed E-state index contributed by atoms with van der Waals surface area (Å²) in [4.78, 5) is 67.4. The minimum absolute atomic E-state index is 0.0499. The number of amides is 2. The number of benzene rings is 1. The van der Waals surface area contributed by atoms with Crippen LogP contribution < -0.4 is 16.1 Å². The normalized spacial score (nSPS) is 13.2. The maximum atomic E-state index is 14.0. The molecular formula is C32H37F2N7O5. The summed E-state index contributed by atoms with van der Waals surface area (Å²) in [6.07, 6.45) is 5.20. The van der Waals surface area contributed by atoms with Crippen LogP contribution in [-0.4, -0.2) is 74.2 Å². The molecule has 0 bridgehead atoms. The van der Waals surface area contributed by atoms with Crippen LogP contribution in [0.15, 0.2) is 46.1 Å². The van der Waals surface area contributed by atoms with Gasteiger partial charge in [-0.05, 0) is 62.4 Å². The van der Waals surface area contributed by atoms with E-state index >= 15 is 0 Å². The van der Waals surface area contributed by atoms with Gasteiger partial charge in [-0.1, -0.05) is 6.92 Å². The van der Waals surface area contributed by atoms with Crippen molar-refractivity contribution in [2.45, 2.75) is 58.5 Å². The second kappa shape index (κ2) is 14.6. The summed E-state index contributed by atoms with van der Waals surface area (Å²) in [6.45, 7) is 4.33. The number of hydrogen-bond acceptors (Lipinski definition) is 7. The topological polar surface area (TPSA) is 135 Å². The number of pyridine rings is 1. The van der Waals surface area contributed by atoms with Crippen LogP contribution >= 0.6 is 0 Å². The number of H-pyrrole nitrogens is 1. The van der Waals surface area contributed by atoms with Crippen molar-refractivity contribution in [3.8, 4) is 11.4 Å². The molecule has 14 heteroatoms. The lowest BCUT2D eigenvalue weighted by atomic mass is 10.1. The van der Waals surface area contributed by atoms with E-state index in [1.807, 2.05) is 6.92 Å². The molecule has 1 aromatic carbocycles. The molecule has 1 aliphatic heterocycles. The van der Waals surface area contributed by atoms with Crippen molar-refractivity contribution in [1.29, 1.82) is 0 Å². The van der Waals surface area contributed by atoms with Crippen LogP contribution in [-0.2, 0) is 22.6 Å². The first-order valence-corrected chi connectivity index (χ1v) is 15.5. The van der Waals surface area contributed by atoms with E-state index in [0.29, 0.717) is 63.3 Å². The number of nitrogens with one attached hydrogen (secondary N) is 1. The second-order valence-electron chi connectivity index (χ2n) is 11.2. The number of aromatic nitrogens is 5. The maximum absolute atomic E-state index is 14.0. The fourth-order valence-corrected chi connectivity index (χ4v) is 5.59. The van der Waals surface area contributed by atoms with Gasteiger partial charge in [0, 0.05) is 70.2 Å².